The summed E-state index contributed by atoms with van der Waals surface area (Å²) in [5, 5.41) is 7.65. The lowest BCUT2D eigenvalue weighted by atomic mass is 10.1. The number of aryl methyl sites for hydroxylation is 1. The third kappa shape index (κ3) is 2.13. The maximum Gasteiger partial charge on any atom is 0.121 e. The van der Waals surface area contributed by atoms with Crippen LogP contribution in [0.1, 0.15) is 11.1 Å². The van der Waals surface area contributed by atoms with Crippen molar-refractivity contribution in [3.8, 4) is 5.75 Å². The quantitative estimate of drug-likeness (QED) is 0.714. The smallest absolute Gasteiger partial charge is 0.121 e. The first kappa shape index (κ1) is 10.3. The van der Waals surface area contributed by atoms with Gasteiger partial charge in [-0.25, -0.2) is 0 Å². The number of nitrogens with one attached hydrogen (secondary N) is 1. The summed E-state index contributed by atoms with van der Waals surface area (Å²) in [6.07, 6.45) is 2.92. The van der Waals surface area contributed by atoms with Crippen LogP contribution < -0.4 is 10.5 Å². The van der Waals surface area contributed by atoms with Crippen LogP contribution >= 0.6 is 0 Å². The maximum absolute atomic E-state index is 7.65. The molecule has 0 heterocycles. The average Bonchev–Trinajstić information content (AvgIpc) is 2.18. The third-order valence-corrected chi connectivity index (χ3v) is 1.97. The van der Waals surface area contributed by atoms with Crippen molar-refractivity contribution in [2.24, 2.45) is 5.73 Å². The number of benzene rings is 1. The van der Waals surface area contributed by atoms with Gasteiger partial charge in [0.15, 0.2) is 0 Å². The van der Waals surface area contributed by atoms with Crippen molar-refractivity contribution in [1.29, 1.82) is 5.41 Å². The van der Waals surface area contributed by atoms with Gasteiger partial charge in [0.1, 0.15) is 5.75 Å². The minimum absolute atomic E-state index is 0.401. The van der Waals surface area contributed by atoms with Crippen LogP contribution in [0, 0.1) is 12.3 Å². The zero-order valence-corrected chi connectivity index (χ0v) is 8.37. The van der Waals surface area contributed by atoms with Gasteiger partial charge in [-0.05, 0) is 48.5 Å². The molecule has 0 aliphatic heterocycles. The van der Waals surface area contributed by atoms with Gasteiger partial charge in [0.25, 0.3) is 0 Å². The molecule has 0 aromatic heterocycles. The molecule has 3 nitrogen and oxygen atoms in total. The lowest BCUT2D eigenvalue weighted by Crippen LogP contribution is -1.97. The minimum Gasteiger partial charge on any atom is -0.496 e. The van der Waals surface area contributed by atoms with Crippen LogP contribution in [-0.4, -0.2) is 12.8 Å². The van der Waals surface area contributed by atoms with Crippen LogP contribution in [0.2, 0.25) is 0 Å². The van der Waals surface area contributed by atoms with E-state index in [-0.39, 0.29) is 0 Å². The van der Waals surface area contributed by atoms with E-state index in [1.165, 1.54) is 6.20 Å². The summed E-state index contributed by atoms with van der Waals surface area (Å²) in [5.41, 5.74) is 7.47. The zero-order chi connectivity index (χ0) is 10.6. The number of rotatable bonds is 3. The van der Waals surface area contributed by atoms with E-state index < -0.39 is 0 Å². The van der Waals surface area contributed by atoms with Crippen LogP contribution in [0.25, 0.3) is 0 Å². The Hall–Kier alpha value is -1.77. The molecule has 0 bridgehead atoms. The lowest BCUT2D eigenvalue weighted by Gasteiger charge is -2.06. The predicted octanol–water partition coefficient (Wildman–Crippen LogP) is 1.84. The van der Waals surface area contributed by atoms with Gasteiger partial charge in [0, 0.05) is 0 Å². The molecule has 0 radical (unpaired) electrons. The Kier molecular flexibility index (Phi) is 3.29. The Labute approximate surface area is 83.7 Å². The van der Waals surface area contributed by atoms with Crippen molar-refractivity contribution in [3.05, 3.63) is 41.6 Å². The molecule has 0 spiro atoms. The SMILES string of the molecule is COc1ccc(C(=N)/C=C\N)cc1C. The highest BCUT2D eigenvalue weighted by Gasteiger charge is 2.01. The highest BCUT2D eigenvalue weighted by Crippen LogP contribution is 2.18. The summed E-state index contributed by atoms with van der Waals surface area (Å²) in [6, 6.07) is 5.60. The molecule has 1 aromatic rings. The number of allylic oxidation sites excluding steroid dienone is 1. The molecule has 0 unspecified atom stereocenters. The van der Waals surface area contributed by atoms with Gasteiger partial charge in [-0.2, -0.15) is 0 Å². The molecule has 0 aliphatic carbocycles. The van der Waals surface area contributed by atoms with Gasteiger partial charge in [-0.3, -0.25) is 0 Å². The second-order valence-electron chi connectivity index (χ2n) is 2.96. The lowest BCUT2D eigenvalue weighted by molar-refractivity contribution is 0.411. The fourth-order valence-corrected chi connectivity index (χ4v) is 1.24. The van der Waals surface area contributed by atoms with Crippen molar-refractivity contribution in [1.82, 2.24) is 0 Å². The van der Waals surface area contributed by atoms with Crippen molar-refractivity contribution in [2.75, 3.05) is 7.11 Å². The molecule has 74 valence electrons. The molecule has 1 rings (SSSR count). The summed E-state index contributed by atoms with van der Waals surface area (Å²) >= 11 is 0. The molecule has 0 saturated heterocycles. The first-order valence-electron chi connectivity index (χ1n) is 4.31. The van der Waals surface area contributed by atoms with E-state index in [1.807, 2.05) is 25.1 Å². The summed E-state index contributed by atoms with van der Waals surface area (Å²) in [4.78, 5) is 0. The Bertz CT molecular complexity index is 370. The van der Waals surface area contributed by atoms with E-state index in [4.69, 9.17) is 15.9 Å². The van der Waals surface area contributed by atoms with E-state index in [1.54, 1.807) is 13.2 Å². The number of nitrogens with two attached hydrogens (primary N) is 1. The third-order valence-electron chi connectivity index (χ3n) is 1.97. The fraction of sp³-hybridized carbons (Fsp3) is 0.182. The van der Waals surface area contributed by atoms with Crippen molar-refractivity contribution in [3.63, 3.8) is 0 Å². The average molecular weight is 190 g/mol. The second-order valence-corrected chi connectivity index (χ2v) is 2.96. The molecule has 0 aliphatic rings. The molecule has 1 aromatic carbocycles. The molecular formula is C11H14N2O. The minimum atomic E-state index is 0.401. The van der Waals surface area contributed by atoms with Crippen molar-refractivity contribution >= 4 is 5.71 Å². The topological polar surface area (TPSA) is 59.1 Å². The summed E-state index contributed by atoms with van der Waals surface area (Å²) < 4.78 is 5.13. The summed E-state index contributed by atoms with van der Waals surface area (Å²) in [6.45, 7) is 1.95. The molecular weight excluding hydrogens is 176 g/mol. The van der Waals surface area contributed by atoms with Gasteiger partial charge >= 0.3 is 0 Å². The summed E-state index contributed by atoms with van der Waals surface area (Å²) in [7, 11) is 1.63. The van der Waals surface area contributed by atoms with Gasteiger partial charge in [-0.15, -0.1) is 0 Å². The predicted molar refractivity (Wildman–Crippen MR) is 57.9 cm³/mol. The number of methoxy groups -OCH3 is 1. The normalized spacial score (nSPS) is 10.4. The van der Waals surface area contributed by atoms with Crippen LogP contribution in [0.15, 0.2) is 30.5 Å². The van der Waals surface area contributed by atoms with Crippen molar-refractivity contribution in [2.45, 2.75) is 6.92 Å². The van der Waals surface area contributed by atoms with Crippen LogP contribution in [0.5, 0.6) is 5.75 Å². The fourth-order valence-electron chi connectivity index (χ4n) is 1.24. The number of hydrogen-bond donors (Lipinski definition) is 2. The van der Waals surface area contributed by atoms with E-state index in [9.17, 15) is 0 Å². The Morgan fingerprint density at radius 3 is 2.71 bits per heavy atom. The van der Waals surface area contributed by atoms with Gasteiger partial charge in [0.05, 0.1) is 12.8 Å². The zero-order valence-electron chi connectivity index (χ0n) is 8.37. The number of hydrogen-bond acceptors (Lipinski definition) is 3. The molecule has 0 amide bonds. The molecule has 0 saturated carbocycles. The molecule has 0 fully saturated rings. The monoisotopic (exact) mass is 190 g/mol. The number of ether oxygens (including phenoxy) is 1. The van der Waals surface area contributed by atoms with Crippen LogP contribution in [0.3, 0.4) is 0 Å². The Morgan fingerprint density at radius 1 is 1.50 bits per heavy atom. The van der Waals surface area contributed by atoms with Crippen LogP contribution in [-0.2, 0) is 0 Å². The first-order chi connectivity index (χ1) is 6.69. The first-order valence-corrected chi connectivity index (χ1v) is 4.31. The van der Waals surface area contributed by atoms with E-state index in [0.29, 0.717) is 5.71 Å². The second kappa shape index (κ2) is 4.46. The maximum atomic E-state index is 7.65. The Morgan fingerprint density at radius 2 is 2.21 bits per heavy atom. The molecule has 3 heteroatoms. The standard InChI is InChI=1S/C11H14N2O/c1-8-7-9(10(13)5-6-12)3-4-11(8)14-2/h3-7,13H,12H2,1-2H3/b6-5-,13-10?. The largest absolute Gasteiger partial charge is 0.496 e. The van der Waals surface area contributed by atoms with E-state index in [0.717, 1.165) is 16.9 Å². The van der Waals surface area contributed by atoms with Crippen LogP contribution in [0.4, 0.5) is 0 Å². The van der Waals surface area contributed by atoms with E-state index in [2.05, 4.69) is 0 Å². The highest BCUT2D eigenvalue weighted by molar-refractivity contribution is 6.06. The van der Waals surface area contributed by atoms with Gasteiger partial charge in [0.2, 0.25) is 0 Å². The molecule has 0 atom stereocenters. The van der Waals surface area contributed by atoms with Crippen molar-refractivity contribution < 1.29 is 4.74 Å². The molecule has 14 heavy (non-hydrogen) atoms. The summed E-state index contributed by atoms with van der Waals surface area (Å²) in [5.74, 6) is 0.832. The van der Waals surface area contributed by atoms with Gasteiger partial charge in [-0.1, -0.05) is 0 Å². The molecule has 3 N–H and O–H groups in total. The highest BCUT2D eigenvalue weighted by atomic mass is 16.5. The Balaban J connectivity index is 3.02. The van der Waals surface area contributed by atoms with E-state index >= 15 is 0 Å². The van der Waals surface area contributed by atoms with Gasteiger partial charge < -0.3 is 15.9 Å².